The van der Waals surface area contributed by atoms with Gasteiger partial charge in [-0.15, -0.1) is 0 Å². The van der Waals surface area contributed by atoms with Crippen molar-refractivity contribution < 1.29 is 4.74 Å². The van der Waals surface area contributed by atoms with E-state index in [0.717, 1.165) is 12.0 Å². The Bertz CT molecular complexity index is 164. The summed E-state index contributed by atoms with van der Waals surface area (Å²) >= 11 is 0. The van der Waals surface area contributed by atoms with Crippen molar-refractivity contribution in [2.45, 2.75) is 58.1 Å². The summed E-state index contributed by atoms with van der Waals surface area (Å²) in [5, 5.41) is 0. The van der Waals surface area contributed by atoms with E-state index in [4.69, 9.17) is 4.74 Å². The Morgan fingerprint density at radius 2 is 1.87 bits per heavy atom. The molecule has 0 amide bonds. The van der Waals surface area contributed by atoms with Crippen molar-refractivity contribution in [1.82, 2.24) is 4.90 Å². The van der Waals surface area contributed by atoms with Gasteiger partial charge in [0.1, 0.15) is 0 Å². The molecule has 0 N–H and O–H groups in total. The molecule has 1 aliphatic carbocycles. The predicted molar refractivity (Wildman–Crippen MR) is 65.1 cm³/mol. The van der Waals surface area contributed by atoms with Crippen LogP contribution in [0.15, 0.2) is 0 Å². The van der Waals surface area contributed by atoms with Crippen LogP contribution in [0.5, 0.6) is 0 Å². The van der Waals surface area contributed by atoms with Crippen molar-refractivity contribution in [2.24, 2.45) is 5.92 Å². The number of hydrogen-bond acceptors (Lipinski definition) is 2. The zero-order chi connectivity index (χ0) is 11.3. The molecule has 1 saturated carbocycles. The first kappa shape index (κ1) is 13.0. The monoisotopic (exact) mass is 213 g/mol. The van der Waals surface area contributed by atoms with Crippen molar-refractivity contribution in [2.75, 3.05) is 20.7 Å². The Morgan fingerprint density at radius 3 is 2.33 bits per heavy atom. The molecule has 1 rings (SSSR count). The highest BCUT2D eigenvalue weighted by atomic mass is 16.5. The molecule has 2 heteroatoms. The molecule has 90 valence electrons. The quantitative estimate of drug-likeness (QED) is 0.696. The van der Waals surface area contributed by atoms with Crippen molar-refractivity contribution in [3.8, 4) is 0 Å². The predicted octanol–water partition coefficient (Wildman–Crippen LogP) is 2.92. The molecular weight excluding hydrogens is 186 g/mol. The molecule has 0 aromatic rings. The van der Waals surface area contributed by atoms with Crippen molar-refractivity contribution in [3.05, 3.63) is 0 Å². The van der Waals surface area contributed by atoms with Gasteiger partial charge in [0, 0.05) is 19.7 Å². The Morgan fingerprint density at radius 1 is 1.27 bits per heavy atom. The highest BCUT2D eigenvalue weighted by Crippen LogP contribution is 2.24. The van der Waals surface area contributed by atoms with Crippen LogP contribution in [0.25, 0.3) is 0 Å². The summed E-state index contributed by atoms with van der Waals surface area (Å²) < 4.78 is 5.40. The van der Waals surface area contributed by atoms with Gasteiger partial charge < -0.3 is 9.64 Å². The van der Waals surface area contributed by atoms with E-state index >= 15 is 0 Å². The Labute approximate surface area is 95.0 Å². The fourth-order valence-electron chi connectivity index (χ4n) is 2.49. The zero-order valence-corrected chi connectivity index (χ0v) is 10.8. The molecule has 0 radical (unpaired) electrons. The van der Waals surface area contributed by atoms with Gasteiger partial charge in [-0.2, -0.15) is 0 Å². The molecule has 1 fully saturated rings. The lowest BCUT2D eigenvalue weighted by atomic mass is 9.91. The molecule has 1 aliphatic rings. The van der Waals surface area contributed by atoms with E-state index in [0.29, 0.717) is 6.10 Å². The second kappa shape index (κ2) is 6.49. The molecule has 1 atom stereocenters. The SMILES string of the molecule is CCC(C)CN(C)C1CCC(OC)CC1. The Hall–Kier alpha value is -0.0800. The number of ether oxygens (including phenoxy) is 1. The van der Waals surface area contributed by atoms with Crippen molar-refractivity contribution in [1.29, 1.82) is 0 Å². The van der Waals surface area contributed by atoms with Gasteiger partial charge in [0.25, 0.3) is 0 Å². The number of hydrogen-bond donors (Lipinski definition) is 0. The van der Waals surface area contributed by atoms with Crippen LogP contribution in [0, 0.1) is 5.92 Å². The van der Waals surface area contributed by atoms with Crippen LogP contribution in [-0.4, -0.2) is 37.7 Å². The van der Waals surface area contributed by atoms with E-state index in [9.17, 15) is 0 Å². The van der Waals surface area contributed by atoms with Crippen LogP contribution in [0.2, 0.25) is 0 Å². The summed E-state index contributed by atoms with van der Waals surface area (Å²) in [6.07, 6.45) is 6.92. The van der Waals surface area contributed by atoms with Gasteiger partial charge in [-0.05, 0) is 38.6 Å². The Kier molecular flexibility index (Phi) is 5.62. The smallest absolute Gasteiger partial charge is 0.0572 e. The minimum Gasteiger partial charge on any atom is -0.381 e. The van der Waals surface area contributed by atoms with E-state index in [2.05, 4.69) is 25.8 Å². The van der Waals surface area contributed by atoms with Crippen molar-refractivity contribution in [3.63, 3.8) is 0 Å². The van der Waals surface area contributed by atoms with Crippen molar-refractivity contribution >= 4 is 0 Å². The molecular formula is C13H27NO. The van der Waals surface area contributed by atoms with Gasteiger partial charge in [0.15, 0.2) is 0 Å². The highest BCUT2D eigenvalue weighted by Gasteiger charge is 2.24. The number of rotatable bonds is 5. The fourth-order valence-corrected chi connectivity index (χ4v) is 2.49. The van der Waals surface area contributed by atoms with Crippen LogP contribution in [-0.2, 0) is 4.74 Å². The number of nitrogens with zero attached hydrogens (tertiary/aromatic N) is 1. The largest absolute Gasteiger partial charge is 0.381 e. The normalized spacial score (nSPS) is 29.4. The summed E-state index contributed by atoms with van der Waals surface area (Å²) in [4.78, 5) is 2.56. The summed E-state index contributed by atoms with van der Waals surface area (Å²) in [6.45, 7) is 5.87. The van der Waals surface area contributed by atoms with Gasteiger partial charge in [0.2, 0.25) is 0 Å². The van der Waals surface area contributed by atoms with Crippen LogP contribution in [0.1, 0.15) is 46.0 Å². The third kappa shape index (κ3) is 4.12. The molecule has 0 spiro atoms. The van der Waals surface area contributed by atoms with Gasteiger partial charge >= 0.3 is 0 Å². The highest BCUT2D eigenvalue weighted by molar-refractivity contribution is 4.79. The molecule has 0 aromatic carbocycles. The summed E-state index contributed by atoms with van der Waals surface area (Å²) in [7, 11) is 4.12. The van der Waals surface area contributed by atoms with Gasteiger partial charge in [0.05, 0.1) is 6.10 Å². The first-order valence-electron chi connectivity index (χ1n) is 6.40. The van der Waals surface area contributed by atoms with E-state index in [1.165, 1.54) is 38.6 Å². The maximum absolute atomic E-state index is 5.40. The average molecular weight is 213 g/mol. The molecule has 0 saturated heterocycles. The first-order valence-corrected chi connectivity index (χ1v) is 6.40. The van der Waals surface area contributed by atoms with Gasteiger partial charge in [-0.3, -0.25) is 0 Å². The van der Waals surface area contributed by atoms with E-state index in [1.54, 1.807) is 0 Å². The zero-order valence-electron chi connectivity index (χ0n) is 10.8. The second-order valence-corrected chi connectivity index (χ2v) is 5.12. The topological polar surface area (TPSA) is 12.5 Å². The Balaban J connectivity index is 2.26. The van der Waals surface area contributed by atoms with Crippen LogP contribution in [0.4, 0.5) is 0 Å². The summed E-state index contributed by atoms with van der Waals surface area (Å²) in [5.74, 6) is 0.829. The average Bonchev–Trinajstić information content (AvgIpc) is 2.29. The first-order chi connectivity index (χ1) is 7.17. The summed E-state index contributed by atoms with van der Waals surface area (Å²) in [6, 6.07) is 0.797. The van der Waals surface area contributed by atoms with E-state index in [-0.39, 0.29) is 0 Å². The summed E-state index contributed by atoms with van der Waals surface area (Å²) in [5.41, 5.74) is 0. The van der Waals surface area contributed by atoms with Crippen LogP contribution in [0.3, 0.4) is 0 Å². The van der Waals surface area contributed by atoms with Gasteiger partial charge in [-0.1, -0.05) is 20.3 Å². The van der Waals surface area contributed by atoms with Crippen LogP contribution >= 0.6 is 0 Å². The third-order valence-electron chi connectivity index (χ3n) is 3.90. The lowest BCUT2D eigenvalue weighted by Crippen LogP contribution is -2.38. The molecule has 2 nitrogen and oxygen atoms in total. The second-order valence-electron chi connectivity index (χ2n) is 5.12. The number of methoxy groups -OCH3 is 1. The fraction of sp³-hybridized carbons (Fsp3) is 1.00. The molecule has 15 heavy (non-hydrogen) atoms. The lowest BCUT2D eigenvalue weighted by Gasteiger charge is -2.35. The maximum atomic E-state index is 5.40. The minimum absolute atomic E-state index is 0.526. The molecule has 0 aromatic heterocycles. The maximum Gasteiger partial charge on any atom is 0.0572 e. The van der Waals surface area contributed by atoms with Gasteiger partial charge in [-0.25, -0.2) is 0 Å². The molecule has 1 unspecified atom stereocenters. The van der Waals surface area contributed by atoms with E-state index < -0.39 is 0 Å². The molecule has 0 aliphatic heterocycles. The third-order valence-corrected chi connectivity index (χ3v) is 3.90. The van der Waals surface area contributed by atoms with E-state index in [1.807, 2.05) is 7.11 Å². The standard InChI is InChI=1S/C13H27NO/c1-5-11(2)10-14(3)12-6-8-13(15-4)9-7-12/h11-13H,5-10H2,1-4H3. The minimum atomic E-state index is 0.526. The van der Waals surface area contributed by atoms with Crippen LogP contribution < -0.4 is 0 Å². The molecule has 0 heterocycles. The lowest BCUT2D eigenvalue weighted by molar-refractivity contribution is 0.0416. The molecule has 0 bridgehead atoms.